The molecule has 1 aromatic heterocycles. The van der Waals surface area contributed by atoms with Crippen LogP contribution in [-0.2, 0) is 6.54 Å². The molecule has 1 aromatic carbocycles. The number of aromatic nitrogens is 2. The summed E-state index contributed by atoms with van der Waals surface area (Å²) in [5.74, 6) is 0.929. The molecule has 94 valence electrons. The van der Waals surface area contributed by atoms with Crippen LogP contribution in [0.3, 0.4) is 0 Å². The second-order valence-electron chi connectivity index (χ2n) is 4.19. The van der Waals surface area contributed by atoms with Gasteiger partial charge >= 0.3 is 0 Å². The number of hydrogen-bond acceptors (Lipinski definition) is 3. The molecule has 2 rings (SSSR count). The van der Waals surface area contributed by atoms with Crippen molar-refractivity contribution >= 4 is 21.7 Å². The number of alkyl halides is 1. The van der Waals surface area contributed by atoms with E-state index in [2.05, 4.69) is 61.4 Å². The Balaban J connectivity index is 2.18. The smallest absolute Gasteiger partial charge is 0.151 e. The number of rotatable bonds is 5. The third-order valence-corrected chi connectivity index (χ3v) is 3.03. The van der Waals surface area contributed by atoms with Gasteiger partial charge < -0.3 is 4.90 Å². The molecule has 0 amide bonds. The van der Waals surface area contributed by atoms with Crippen LogP contribution in [0.5, 0.6) is 0 Å². The second-order valence-corrected chi connectivity index (χ2v) is 4.98. The molecule has 0 aliphatic heterocycles. The van der Waals surface area contributed by atoms with Crippen LogP contribution in [-0.4, -0.2) is 22.1 Å². The molecule has 1 heterocycles. The van der Waals surface area contributed by atoms with Gasteiger partial charge in [0.2, 0.25) is 0 Å². The van der Waals surface area contributed by atoms with Crippen molar-refractivity contribution in [3.05, 3.63) is 53.7 Å². The number of benzene rings is 1. The van der Waals surface area contributed by atoms with Crippen molar-refractivity contribution in [1.29, 1.82) is 0 Å². The van der Waals surface area contributed by atoms with E-state index in [4.69, 9.17) is 0 Å². The van der Waals surface area contributed by atoms with E-state index in [1.165, 1.54) is 5.56 Å². The number of halogens is 1. The zero-order valence-corrected chi connectivity index (χ0v) is 12.0. The van der Waals surface area contributed by atoms with Crippen molar-refractivity contribution in [2.75, 3.05) is 16.8 Å². The summed E-state index contributed by atoms with van der Waals surface area (Å²) in [6.45, 7) is 3.80. The fraction of sp³-hybridized carbons (Fsp3) is 0.286. The highest BCUT2D eigenvalue weighted by Gasteiger charge is 2.08. The SMILES string of the molecule is Cc1cnnc(N(CCBr)Cc2ccccc2)c1. The normalized spacial score (nSPS) is 10.3. The molecule has 0 saturated carbocycles. The molecule has 0 N–H and O–H groups in total. The maximum Gasteiger partial charge on any atom is 0.151 e. The van der Waals surface area contributed by atoms with E-state index in [0.29, 0.717) is 0 Å². The Morgan fingerprint density at radius 2 is 2.00 bits per heavy atom. The van der Waals surface area contributed by atoms with E-state index in [9.17, 15) is 0 Å². The Bertz CT molecular complexity index is 487. The molecule has 0 spiro atoms. The van der Waals surface area contributed by atoms with Gasteiger partial charge in [0.25, 0.3) is 0 Å². The van der Waals surface area contributed by atoms with E-state index >= 15 is 0 Å². The lowest BCUT2D eigenvalue weighted by Gasteiger charge is -2.22. The summed E-state index contributed by atoms with van der Waals surface area (Å²) in [6, 6.07) is 12.5. The lowest BCUT2D eigenvalue weighted by Crippen LogP contribution is -2.26. The van der Waals surface area contributed by atoms with Crippen LogP contribution in [0.1, 0.15) is 11.1 Å². The van der Waals surface area contributed by atoms with Gasteiger partial charge in [0.05, 0.1) is 6.20 Å². The number of nitrogens with zero attached hydrogens (tertiary/aromatic N) is 3. The quantitative estimate of drug-likeness (QED) is 0.795. The summed E-state index contributed by atoms with van der Waals surface area (Å²) in [5, 5.41) is 9.14. The lowest BCUT2D eigenvalue weighted by molar-refractivity contribution is 0.800. The molecular formula is C14H16BrN3. The van der Waals surface area contributed by atoms with Gasteiger partial charge in [-0.1, -0.05) is 46.3 Å². The lowest BCUT2D eigenvalue weighted by atomic mass is 10.2. The van der Waals surface area contributed by atoms with Gasteiger partial charge in [-0.15, -0.1) is 5.10 Å². The number of anilines is 1. The van der Waals surface area contributed by atoms with Crippen molar-refractivity contribution in [2.45, 2.75) is 13.5 Å². The summed E-state index contributed by atoms with van der Waals surface area (Å²) < 4.78 is 0. The predicted octanol–water partition coefficient (Wildman–Crippen LogP) is 3.19. The Labute approximate surface area is 116 Å². The molecule has 4 heteroatoms. The summed E-state index contributed by atoms with van der Waals surface area (Å²) in [5.41, 5.74) is 2.41. The first-order chi connectivity index (χ1) is 8.79. The van der Waals surface area contributed by atoms with Gasteiger partial charge in [0.15, 0.2) is 5.82 Å². The Morgan fingerprint density at radius 3 is 2.67 bits per heavy atom. The van der Waals surface area contributed by atoms with Crippen molar-refractivity contribution in [3.8, 4) is 0 Å². The van der Waals surface area contributed by atoms with Crippen LogP contribution in [0.4, 0.5) is 5.82 Å². The molecule has 0 fully saturated rings. The van der Waals surface area contributed by atoms with Gasteiger partial charge in [-0.3, -0.25) is 0 Å². The fourth-order valence-corrected chi connectivity index (χ4v) is 2.21. The molecule has 2 aromatic rings. The zero-order valence-electron chi connectivity index (χ0n) is 10.4. The van der Waals surface area contributed by atoms with E-state index in [1.807, 2.05) is 13.0 Å². The number of aryl methyl sites for hydroxylation is 1. The highest BCUT2D eigenvalue weighted by Crippen LogP contribution is 2.15. The highest BCUT2D eigenvalue weighted by molar-refractivity contribution is 9.09. The molecule has 0 atom stereocenters. The monoisotopic (exact) mass is 305 g/mol. The molecule has 0 unspecified atom stereocenters. The Kier molecular flexibility index (Phi) is 4.70. The molecule has 0 radical (unpaired) electrons. The maximum absolute atomic E-state index is 4.21. The van der Waals surface area contributed by atoms with Gasteiger partial charge in [-0.05, 0) is 24.1 Å². The molecular weight excluding hydrogens is 290 g/mol. The molecule has 0 aliphatic carbocycles. The van der Waals surface area contributed by atoms with Crippen LogP contribution < -0.4 is 4.90 Å². The van der Waals surface area contributed by atoms with Crippen LogP contribution in [0.15, 0.2) is 42.6 Å². The van der Waals surface area contributed by atoms with Gasteiger partial charge in [-0.2, -0.15) is 5.10 Å². The molecule has 18 heavy (non-hydrogen) atoms. The first-order valence-electron chi connectivity index (χ1n) is 5.94. The first kappa shape index (κ1) is 13.0. The van der Waals surface area contributed by atoms with Crippen molar-refractivity contribution in [2.24, 2.45) is 0 Å². The molecule has 3 nitrogen and oxygen atoms in total. The summed E-state index contributed by atoms with van der Waals surface area (Å²) >= 11 is 3.49. The fourth-order valence-electron chi connectivity index (χ4n) is 1.78. The van der Waals surface area contributed by atoms with Crippen LogP contribution in [0.2, 0.25) is 0 Å². The average Bonchev–Trinajstić information content (AvgIpc) is 2.39. The number of hydrogen-bond donors (Lipinski definition) is 0. The highest BCUT2D eigenvalue weighted by atomic mass is 79.9. The Morgan fingerprint density at radius 1 is 1.22 bits per heavy atom. The van der Waals surface area contributed by atoms with E-state index in [-0.39, 0.29) is 0 Å². The maximum atomic E-state index is 4.21. The predicted molar refractivity (Wildman–Crippen MR) is 78.1 cm³/mol. The van der Waals surface area contributed by atoms with Gasteiger partial charge in [0, 0.05) is 18.4 Å². The topological polar surface area (TPSA) is 29.0 Å². The van der Waals surface area contributed by atoms with Crippen LogP contribution in [0, 0.1) is 6.92 Å². The van der Waals surface area contributed by atoms with Crippen LogP contribution >= 0.6 is 15.9 Å². The summed E-state index contributed by atoms with van der Waals surface area (Å²) in [7, 11) is 0. The van der Waals surface area contributed by atoms with E-state index in [1.54, 1.807) is 6.20 Å². The largest absolute Gasteiger partial charge is 0.350 e. The standard InChI is InChI=1S/C14H16BrN3/c1-12-9-14(17-16-10-12)18(8-7-15)11-13-5-3-2-4-6-13/h2-6,9-10H,7-8,11H2,1H3. The van der Waals surface area contributed by atoms with Gasteiger partial charge in [0.1, 0.15) is 0 Å². The summed E-state index contributed by atoms with van der Waals surface area (Å²) in [4.78, 5) is 2.23. The summed E-state index contributed by atoms with van der Waals surface area (Å²) in [6.07, 6.45) is 1.78. The molecule has 0 saturated heterocycles. The molecule has 0 bridgehead atoms. The average molecular weight is 306 g/mol. The van der Waals surface area contributed by atoms with Crippen LogP contribution in [0.25, 0.3) is 0 Å². The zero-order chi connectivity index (χ0) is 12.8. The Hall–Kier alpha value is -1.42. The van der Waals surface area contributed by atoms with Gasteiger partial charge in [-0.25, -0.2) is 0 Å². The third kappa shape index (κ3) is 3.53. The van der Waals surface area contributed by atoms with Crippen molar-refractivity contribution in [1.82, 2.24) is 10.2 Å². The van der Waals surface area contributed by atoms with Crippen molar-refractivity contribution < 1.29 is 0 Å². The third-order valence-electron chi connectivity index (χ3n) is 2.67. The minimum atomic E-state index is 0.852. The van der Waals surface area contributed by atoms with E-state index < -0.39 is 0 Å². The minimum absolute atomic E-state index is 0.852. The van der Waals surface area contributed by atoms with E-state index in [0.717, 1.165) is 29.8 Å². The first-order valence-corrected chi connectivity index (χ1v) is 7.06. The van der Waals surface area contributed by atoms with Crippen molar-refractivity contribution in [3.63, 3.8) is 0 Å². The minimum Gasteiger partial charge on any atom is -0.350 e. The molecule has 0 aliphatic rings. The second kappa shape index (κ2) is 6.50.